The van der Waals surface area contributed by atoms with Gasteiger partial charge in [0.1, 0.15) is 5.75 Å². The number of nitrogens with one attached hydrogen (secondary N) is 1. The third-order valence-electron chi connectivity index (χ3n) is 6.39. The number of hydrogen-bond donors (Lipinski definition) is 1. The molecule has 5 heteroatoms. The van der Waals surface area contributed by atoms with Gasteiger partial charge in [-0.1, -0.05) is 25.7 Å². The van der Waals surface area contributed by atoms with Gasteiger partial charge in [-0.3, -0.25) is 4.79 Å². The van der Waals surface area contributed by atoms with Crippen molar-refractivity contribution in [2.75, 3.05) is 11.5 Å². The summed E-state index contributed by atoms with van der Waals surface area (Å²) in [5.41, 5.74) is 0. The molecule has 3 saturated carbocycles. The fourth-order valence-corrected chi connectivity index (χ4v) is 6.93. The average molecular weight is 342 g/mol. The molecule has 4 unspecified atom stereocenters. The molecule has 0 heterocycles. The first-order valence-corrected chi connectivity index (χ1v) is 11.2. The van der Waals surface area contributed by atoms with E-state index in [-0.39, 0.29) is 29.4 Å². The van der Waals surface area contributed by atoms with Crippen molar-refractivity contribution in [2.24, 2.45) is 23.7 Å². The average Bonchev–Trinajstić information content (AvgIpc) is 3.09. The largest absolute Gasteiger partial charge is 0.352 e. The molecule has 3 aliphatic carbocycles. The molecule has 23 heavy (non-hydrogen) atoms. The molecule has 0 aromatic heterocycles. The molecule has 0 radical (unpaired) electrons. The molecule has 0 aromatic rings. The molecule has 0 saturated heterocycles. The van der Waals surface area contributed by atoms with E-state index in [1.165, 1.54) is 32.1 Å². The van der Waals surface area contributed by atoms with Crippen LogP contribution in [0.2, 0.25) is 0 Å². The quantitative estimate of drug-likeness (QED) is 0.808. The second-order valence-corrected chi connectivity index (χ2v) is 10.4. The SMILES string of the molecule is CC(NC(=O)CS(=O)(=O)CC1CCCCC1)C1CC2CCC1C2. The topological polar surface area (TPSA) is 63.2 Å². The first kappa shape index (κ1) is 17.2. The first-order chi connectivity index (χ1) is 10.9. The standard InChI is InChI=1S/C18H31NO3S/c1-13(17-10-15-7-8-16(17)9-15)19-18(20)12-23(21,22)11-14-5-3-2-4-6-14/h13-17H,2-12H2,1H3,(H,19,20). The molecule has 2 bridgehead atoms. The summed E-state index contributed by atoms with van der Waals surface area (Å²) < 4.78 is 24.6. The lowest BCUT2D eigenvalue weighted by Gasteiger charge is -2.28. The number of rotatable bonds is 6. The normalized spacial score (nSPS) is 32.8. The van der Waals surface area contributed by atoms with Gasteiger partial charge in [0.25, 0.3) is 0 Å². The molecule has 0 aromatic carbocycles. The fourth-order valence-electron chi connectivity index (χ4n) is 5.28. The summed E-state index contributed by atoms with van der Waals surface area (Å²) in [6.45, 7) is 2.05. The fraction of sp³-hybridized carbons (Fsp3) is 0.944. The van der Waals surface area contributed by atoms with E-state index in [1.807, 2.05) is 0 Å². The molecule has 4 nitrogen and oxygen atoms in total. The molecular weight excluding hydrogens is 310 g/mol. The van der Waals surface area contributed by atoms with Crippen LogP contribution < -0.4 is 5.32 Å². The molecule has 3 rings (SSSR count). The van der Waals surface area contributed by atoms with Crippen LogP contribution in [0.1, 0.15) is 64.7 Å². The third-order valence-corrected chi connectivity index (χ3v) is 8.07. The van der Waals surface area contributed by atoms with E-state index in [0.29, 0.717) is 5.92 Å². The van der Waals surface area contributed by atoms with Crippen LogP contribution in [0.25, 0.3) is 0 Å². The van der Waals surface area contributed by atoms with Crippen LogP contribution >= 0.6 is 0 Å². The number of fused-ring (bicyclic) bond motifs is 2. The highest BCUT2D eigenvalue weighted by molar-refractivity contribution is 7.92. The number of sulfone groups is 1. The van der Waals surface area contributed by atoms with Gasteiger partial charge in [-0.2, -0.15) is 0 Å². The molecule has 3 fully saturated rings. The predicted octanol–water partition coefficient (Wildman–Crippen LogP) is 2.92. The Morgan fingerprint density at radius 3 is 2.43 bits per heavy atom. The summed E-state index contributed by atoms with van der Waals surface area (Å²) in [5, 5.41) is 2.98. The van der Waals surface area contributed by atoms with Crippen molar-refractivity contribution in [3.63, 3.8) is 0 Å². The van der Waals surface area contributed by atoms with E-state index < -0.39 is 9.84 Å². The number of hydrogen-bond acceptors (Lipinski definition) is 3. The summed E-state index contributed by atoms with van der Waals surface area (Å²) in [5.74, 6) is 1.99. The molecule has 3 aliphatic rings. The summed E-state index contributed by atoms with van der Waals surface area (Å²) in [6, 6.07) is 0.114. The Morgan fingerprint density at radius 1 is 1.09 bits per heavy atom. The molecule has 4 atom stereocenters. The van der Waals surface area contributed by atoms with Crippen LogP contribution in [-0.4, -0.2) is 31.9 Å². The van der Waals surface area contributed by atoms with E-state index in [9.17, 15) is 13.2 Å². The maximum Gasteiger partial charge on any atom is 0.235 e. The Balaban J connectivity index is 1.46. The number of carbonyl (C=O) groups excluding carboxylic acids is 1. The lowest BCUT2D eigenvalue weighted by atomic mass is 9.84. The van der Waals surface area contributed by atoms with E-state index in [1.54, 1.807) is 0 Å². The van der Waals surface area contributed by atoms with Gasteiger partial charge in [0, 0.05) is 6.04 Å². The summed E-state index contributed by atoms with van der Waals surface area (Å²) in [7, 11) is -3.27. The van der Waals surface area contributed by atoms with Crippen LogP contribution in [0.4, 0.5) is 0 Å². The van der Waals surface area contributed by atoms with Crippen molar-refractivity contribution in [3.05, 3.63) is 0 Å². The van der Waals surface area contributed by atoms with Gasteiger partial charge in [-0.05, 0) is 62.7 Å². The summed E-state index contributed by atoms with van der Waals surface area (Å²) in [6.07, 6.45) is 10.6. The molecule has 1 N–H and O–H groups in total. The zero-order valence-corrected chi connectivity index (χ0v) is 15.1. The first-order valence-electron chi connectivity index (χ1n) is 9.43. The van der Waals surface area contributed by atoms with Gasteiger partial charge in [0.05, 0.1) is 5.75 Å². The highest BCUT2D eigenvalue weighted by atomic mass is 32.2. The van der Waals surface area contributed by atoms with Crippen molar-refractivity contribution in [1.29, 1.82) is 0 Å². The van der Waals surface area contributed by atoms with Crippen molar-refractivity contribution in [3.8, 4) is 0 Å². The minimum absolute atomic E-state index is 0.114. The highest BCUT2D eigenvalue weighted by Crippen LogP contribution is 2.49. The summed E-state index contributed by atoms with van der Waals surface area (Å²) >= 11 is 0. The monoisotopic (exact) mass is 341 g/mol. The zero-order chi connectivity index (χ0) is 16.4. The lowest BCUT2D eigenvalue weighted by molar-refractivity contribution is -0.119. The van der Waals surface area contributed by atoms with Gasteiger partial charge < -0.3 is 5.32 Å². The van der Waals surface area contributed by atoms with E-state index in [2.05, 4.69) is 12.2 Å². The molecule has 132 valence electrons. The molecule has 1 amide bonds. The second-order valence-electron chi connectivity index (χ2n) is 8.25. The summed E-state index contributed by atoms with van der Waals surface area (Å²) in [4.78, 5) is 12.2. The Bertz CT molecular complexity index is 524. The smallest absolute Gasteiger partial charge is 0.235 e. The van der Waals surface area contributed by atoms with Gasteiger partial charge in [-0.15, -0.1) is 0 Å². The molecular formula is C18H31NO3S. The van der Waals surface area contributed by atoms with E-state index in [0.717, 1.165) is 37.5 Å². The van der Waals surface area contributed by atoms with Crippen molar-refractivity contribution in [2.45, 2.75) is 70.8 Å². The van der Waals surface area contributed by atoms with Crippen molar-refractivity contribution >= 4 is 15.7 Å². The minimum atomic E-state index is -3.27. The Kier molecular flexibility index (Phi) is 5.34. The van der Waals surface area contributed by atoms with Crippen LogP contribution in [0, 0.1) is 23.7 Å². The zero-order valence-electron chi connectivity index (χ0n) is 14.3. The molecule has 0 aliphatic heterocycles. The van der Waals surface area contributed by atoms with Gasteiger partial charge in [-0.25, -0.2) is 8.42 Å². The Morgan fingerprint density at radius 2 is 1.83 bits per heavy atom. The van der Waals surface area contributed by atoms with Crippen molar-refractivity contribution < 1.29 is 13.2 Å². The highest BCUT2D eigenvalue weighted by Gasteiger charge is 2.42. The maximum atomic E-state index is 12.3. The minimum Gasteiger partial charge on any atom is -0.352 e. The predicted molar refractivity (Wildman–Crippen MR) is 91.8 cm³/mol. The lowest BCUT2D eigenvalue weighted by Crippen LogP contribution is -2.43. The Hall–Kier alpha value is -0.580. The van der Waals surface area contributed by atoms with Crippen LogP contribution in [0.5, 0.6) is 0 Å². The number of carbonyl (C=O) groups is 1. The van der Waals surface area contributed by atoms with Gasteiger partial charge in [0.2, 0.25) is 5.91 Å². The van der Waals surface area contributed by atoms with Crippen LogP contribution in [-0.2, 0) is 14.6 Å². The molecule has 0 spiro atoms. The van der Waals surface area contributed by atoms with Crippen molar-refractivity contribution in [1.82, 2.24) is 5.32 Å². The maximum absolute atomic E-state index is 12.3. The van der Waals surface area contributed by atoms with Crippen LogP contribution in [0.3, 0.4) is 0 Å². The van der Waals surface area contributed by atoms with Crippen LogP contribution in [0.15, 0.2) is 0 Å². The second kappa shape index (κ2) is 7.12. The van der Waals surface area contributed by atoms with Gasteiger partial charge in [0.15, 0.2) is 9.84 Å². The van der Waals surface area contributed by atoms with E-state index in [4.69, 9.17) is 0 Å². The third kappa shape index (κ3) is 4.49. The van der Waals surface area contributed by atoms with Gasteiger partial charge >= 0.3 is 0 Å². The number of amides is 1. The van der Waals surface area contributed by atoms with E-state index >= 15 is 0 Å². The Labute approximate surface area is 140 Å².